The van der Waals surface area contributed by atoms with Crippen molar-refractivity contribution in [1.82, 2.24) is 0 Å². The summed E-state index contributed by atoms with van der Waals surface area (Å²) in [5.74, 6) is -0.0292. The molecule has 112 valence electrons. The monoisotopic (exact) mass is 297 g/mol. The van der Waals surface area contributed by atoms with Crippen molar-refractivity contribution < 1.29 is 19.1 Å². The van der Waals surface area contributed by atoms with E-state index in [0.717, 1.165) is 5.56 Å². The number of carbonyl (C=O) groups is 2. The van der Waals surface area contributed by atoms with Gasteiger partial charge in [0, 0.05) is 0 Å². The predicted molar refractivity (Wildman–Crippen MR) is 80.9 cm³/mol. The molecule has 2 aromatic rings. The van der Waals surface area contributed by atoms with Crippen LogP contribution in [0.1, 0.15) is 15.9 Å². The zero-order valence-electron chi connectivity index (χ0n) is 12.1. The highest BCUT2D eigenvalue weighted by Crippen LogP contribution is 2.34. The van der Waals surface area contributed by atoms with E-state index in [-0.39, 0.29) is 12.5 Å². The Hall–Kier alpha value is -2.82. The fourth-order valence-electron chi connectivity index (χ4n) is 2.39. The number of benzene rings is 2. The summed E-state index contributed by atoms with van der Waals surface area (Å²) in [6.07, 6.45) is 0. The second-order valence-corrected chi connectivity index (χ2v) is 4.93. The highest BCUT2D eigenvalue weighted by molar-refractivity contribution is 5.99. The first-order chi connectivity index (χ1) is 10.7. The summed E-state index contributed by atoms with van der Waals surface area (Å²) in [7, 11) is 1.33. The summed E-state index contributed by atoms with van der Waals surface area (Å²) >= 11 is 0. The number of hydrogen-bond donors (Lipinski definition) is 0. The minimum absolute atomic E-state index is 0.0372. The summed E-state index contributed by atoms with van der Waals surface area (Å²) < 4.78 is 10.1. The van der Waals surface area contributed by atoms with E-state index >= 15 is 0 Å². The molecular formula is C17H15NO4. The molecule has 5 heteroatoms. The van der Waals surface area contributed by atoms with Gasteiger partial charge in [-0.25, -0.2) is 4.79 Å². The van der Waals surface area contributed by atoms with Crippen molar-refractivity contribution in [1.29, 1.82) is 0 Å². The average molecular weight is 297 g/mol. The van der Waals surface area contributed by atoms with E-state index in [4.69, 9.17) is 9.47 Å². The molecule has 1 aliphatic heterocycles. The molecule has 0 saturated heterocycles. The second-order valence-electron chi connectivity index (χ2n) is 4.93. The highest BCUT2D eigenvalue weighted by Gasteiger charge is 2.26. The number of rotatable bonds is 3. The number of fused-ring (bicyclic) bond motifs is 1. The number of nitrogens with zero attached hydrogens (tertiary/aromatic N) is 1. The van der Waals surface area contributed by atoms with Gasteiger partial charge in [0.05, 0.1) is 24.9 Å². The molecular weight excluding hydrogens is 282 g/mol. The second kappa shape index (κ2) is 5.89. The van der Waals surface area contributed by atoms with Gasteiger partial charge in [0.1, 0.15) is 5.75 Å². The molecule has 0 N–H and O–H groups in total. The third kappa shape index (κ3) is 2.65. The molecule has 2 aromatic carbocycles. The Morgan fingerprint density at radius 1 is 1.23 bits per heavy atom. The van der Waals surface area contributed by atoms with E-state index in [1.807, 2.05) is 30.3 Å². The number of amides is 1. The Bertz CT molecular complexity index is 712. The molecule has 1 aliphatic rings. The van der Waals surface area contributed by atoms with Crippen molar-refractivity contribution >= 4 is 17.6 Å². The predicted octanol–water partition coefficient (Wildman–Crippen LogP) is 2.40. The summed E-state index contributed by atoms with van der Waals surface area (Å²) in [4.78, 5) is 25.4. The van der Waals surface area contributed by atoms with Crippen molar-refractivity contribution in [2.24, 2.45) is 0 Å². The Labute approximate surface area is 128 Å². The van der Waals surface area contributed by atoms with Crippen molar-refractivity contribution in [2.45, 2.75) is 6.54 Å². The zero-order valence-corrected chi connectivity index (χ0v) is 12.1. The first-order valence-corrected chi connectivity index (χ1v) is 6.88. The smallest absolute Gasteiger partial charge is 0.337 e. The van der Waals surface area contributed by atoms with Crippen LogP contribution in [0.2, 0.25) is 0 Å². The molecule has 0 fully saturated rings. The highest BCUT2D eigenvalue weighted by atomic mass is 16.5. The van der Waals surface area contributed by atoms with Crippen LogP contribution in [-0.4, -0.2) is 25.6 Å². The van der Waals surface area contributed by atoms with E-state index in [2.05, 4.69) is 0 Å². The van der Waals surface area contributed by atoms with Crippen molar-refractivity contribution in [2.75, 3.05) is 18.6 Å². The van der Waals surface area contributed by atoms with Gasteiger partial charge >= 0.3 is 5.97 Å². The van der Waals surface area contributed by atoms with E-state index < -0.39 is 5.97 Å². The molecule has 3 rings (SSSR count). The van der Waals surface area contributed by atoms with Gasteiger partial charge in [-0.2, -0.15) is 0 Å². The number of anilines is 1. The minimum Gasteiger partial charge on any atom is -0.482 e. The molecule has 0 aromatic heterocycles. The van der Waals surface area contributed by atoms with Crippen LogP contribution in [0.5, 0.6) is 5.75 Å². The fraction of sp³-hybridized carbons (Fsp3) is 0.176. The molecule has 5 nitrogen and oxygen atoms in total. The minimum atomic E-state index is -0.432. The van der Waals surface area contributed by atoms with Crippen molar-refractivity contribution in [3.63, 3.8) is 0 Å². The zero-order chi connectivity index (χ0) is 15.5. The van der Waals surface area contributed by atoms with E-state index in [1.165, 1.54) is 7.11 Å². The van der Waals surface area contributed by atoms with Gasteiger partial charge < -0.3 is 14.4 Å². The van der Waals surface area contributed by atoms with Crippen LogP contribution in [-0.2, 0) is 16.1 Å². The summed E-state index contributed by atoms with van der Waals surface area (Å²) in [5.41, 5.74) is 2.09. The lowest BCUT2D eigenvalue weighted by molar-refractivity contribution is -0.121. The largest absolute Gasteiger partial charge is 0.482 e. The number of methoxy groups -OCH3 is 1. The topological polar surface area (TPSA) is 55.8 Å². The van der Waals surface area contributed by atoms with Crippen molar-refractivity contribution in [3.05, 3.63) is 59.7 Å². The third-order valence-electron chi connectivity index (χ3n) is 3.51. The van der Waals surface area contributed by atoms with Crippen LogP contribution in [0.15, 0.2) is 48.5 Å². The Morgan fingerprint density at radius 2 is 2.00 bits per heavy atom. The Morgan fingerprint density at radius 3 is 2.73 bits per heavy atom. The molecule has 22 heavy (non-hydrogen) atoms. The molecule has 0 bridgehead atoms. The molecule has 0 saturated carbocycles. The van der Waals surface area contributed by atoms with Gasteiger partial charge in [0.25, 0.3) is 5.91 Å². The number of esters is 1. The number of ether oxygens (including phenoxy) is 2. The first kappa shape index (κ1) is 14.1. The summed E-state index contributed by atoms with van der Waals surface area (Å²) in [6, 6.07) is 14.7. The molecule has 0 radical (unpaired) electrons. The molecule has 0 spiro atoms. The number of hydrogen-bond acceptors (Lipinski definition) is 4. The molecule has 1 amide bonds. The van der Waals surface area contributed by atoms with Gasteiger partial charge in [0.2, 0.25) is 0 Å². The molecule has 0 aliphatic carbocycles. The quantitative estimate of drug-likeness (QED) is 0.816. The maximum absolute atomic E-state index is 12.1. The summed E-state index contributed by atoms with van der Waals surface area (Å²) in [5, 5.41) is 0. The lowest BCUT2D eigenvalue weighted by atomic mass is 10.1. The van der Waals surface area contributed by atoms with Crippen LogP contribution in [0.4, 0.5) is 5.69 Å². The molecule has 0 unspecified atom stereocenters. The lowest BCUT2D eigenvalue weighted by Crippen LogP contribution is -2.38. The maximum Gasteiger partial charge on any atom is 0.337 e. The van der Waals surface area contributed by atoms with E-state index in [9.17, 15) is 9.59 Å². The Kier molecular flexibility index (Phi) is 3.78. The third-order valence-corrected chi connectivity index (χ3v) is 3.51. The van der Waals surface area contributed by atoms with Crippen LogP contribution < -0.4 is 9.64 Å². The normalized spacial score (nSPS) is 13.3. The molecule has 0 atom stereocenters. The lowest BCUT2D eigenvalue weighted by Gasteiger charge is -2.29. The van der Waals surface area contributed by atoms with Crippen LogP contribution >= 0.6 is 0 Å². The fourth-order valence-corrected chi connectivity index (χ4v) is 2.39. The van der Waals surface area contributed by atoms with Crippen LogP contribution in [0, 0.1) is 0 Å². The van der Waals surface area contributed by atoms with Gasteiger partial charge in [-0.1, -0.05) is 30.3 Å². The van der Waals surface area contributed by atoms with Crippen molar-refractivity contribution in [3.8, 4) is 5.75 Å². The van der Waals surface area contributed by atoms with E-state index in [0.29, 0.717) is 23.5 Å². The maximum atomic E-state index is 12.1. The van der Waals surface area contributed by atoms with Gasteiger partial charge in [-0.05, 0) is 23.8 Å². The van der Waals surface area contributed by atoms with Crippen LogP contribution in [0.3, 0.4) is 0 Å². The SMILES string of the molecule is COC(=O)c1ccc2c(c1)OCC(=O)N2Cc1ccccc1. The van der Waals surface area contributed by atoms with Gasteiger partial charge in [0.15, 0.2) is 6.61 Å². The number of carbonyl (C=O) groups excluding carboxylic acids is 2. The molecule has 1 heterocycles. The van der Waals surface area contributed by atoms with E-state index in [1.54, 1.807) is 23.1 Å². The van der Waals surface area contributed by atoms with Gasteiger partial charge in [-0.15, -0.1) is 0 Å². The first-order valence-electron chi connectivity index (χ1n) is 6.88. The standard InChI is InChI=1S/C17H15NO4/c1-21-17(20)13-7-8-14-15(9-13)22-11-16(19)18(14)10-12-5-3-2-4-6-12/h2-9H,10-11H2,1H3. The van der Waals surface area contributed by atoms with Crippen LogP contribution in [0.25, 0.3) is 0 Å². The van der Waals surface area contributed by atoms with Gasteiger partial charge in [-0.3, -0.25) is 4.79 Å². The average Bonchev–Trinajstić information content (AvgIpc) is 2.57. The summed E-state index contributed by atoms with van der Waals surface area (Å²) in [6.45, 7) is 0.429. The Balaban J connectivity index is 1.93.